The summed E-state index contributed by atoms with van der Waals surface area (Å²) in [6.45, 7) is 9.86. The average Bonchev–Trinajstić information content (AvgIpc) is 3.32. The van der Waals surface area contributed by atoms with Gasteiger partial charge in [-0.15, -0.1) is 0 Å². The molecule has 0 unspecified atom stereocenters. The van der Waals surface area contributed by atoms with Crippen molar-refractivity contribution in [3.8, 4) is 0 Å². The van der Waals surface area contributed by atoms with Gasteiger partial charge in [-0.25, -0.2) is 0 Å². The zero-order chi connectivity index (χ0) is 15.2. The standard InChI is InChI=1S/C18H29ClN2/c1-4-14(5-2)13-21(6-3)18-9-7-8-17(19)16(18)12-20-15-10-11-15/h7-9,14-15,20H,4-6,10-13H2,1-3H3. The molecule has 1 aromatic carbocycles. The molecule has 0 amide bonds. The lowest BCUT2D eigenvalue weighted by Gasteiger charge is -2.30. The van der Waals surface area contributed by atoms with Gasteiger partial charge in [0.15, 0.2) is 0 Å². The van der Waals surface area contributed by atoms with Gasteiger partial charge in [-0.05, 0) is 37.8 Å². The Bertz CT molecular complexity index is 439. The lowest BCUT2D eigenvalue weighted by Crippen LogP contribution is -2.30. The Kier molecular flexibility index (Phi) is 6.38. The van der Waals surface area contributed by atoms with Crippen LogP contribution in [0.3, 0.4) is 0 Å². The van der Waals surface area contributed by atoms with E-state index in [9.17, 15) is 0 Å². The zero-order valence-corrected chi connectivity index (χ0v) is 14.4. The third-order valence-electron chi connectivity index (χ3n) is 4.59. The molecule has 3 heteroatoms. The minimum atomic E-state index is 0.711. The topological polar surface area (TPSA) is 15.3 Å². The highest BCUT2D eigenvalue weighted by atomic mass is 35.5. The number of anilines is 1. The molecule has 0 atom stereocenters. The first kappa shape index (κ1) is 16.6. The first-order valence-corrected chi connectivity index (χ1v) is 8.83. The molecule has 0 spiro atoms. The summed E-state index contributed by atoms with van der Waals surface area (Å²) in [5, 5.41) is 4.50. The number of hydrogen-bond acceptors (Lipinski definition) is 2. The van der Waals surface area contributed by atoms with Gasteiger partial charge in [0.25, 0.3) is 0 Å². The number of halogens is 1. The highest BCUT2D eigenvalue weighted by molar-refractivity contribution is 6.31. The van der Waals surface area contributed by atoms with Crippen LogP contribution in [0.25, 0.3) is 0 Å². The SMILES string of the molecule is CCC(CC)CN(CC)c1cccc(Cl)c1CNC1CC1. The van der Waals surface area contributed by atoms with E-state index in [0.717, 1.165) is 30.6 Å². The average molecular weight is 309 g/mol. The Morgan fingerprint density at radius 2 is 1.95 bits per heavy atom. The largest absolute Gasteiger partial charge is 0.371 e. The Balaban J connectivity index is 2.15. The van der Waals surface area contributed by atoms with E-state index in [0.29, 0.717) is 6.04 Å². The van der Waals surface area contributed by atoms with E-state index in [1.54, 1.807) is 0 Å². The van der Waals surface area contributed by atoms with E-state index in [1.807, 2.05) is 6.07 Å². The van der Waals surface area contributed by atoms with Gasteiger partial charge in [0.2, 0.25) is 0 Å². The molecule has 1 fully saturated rings. The first-order chi connectivity index (χ1) is 10.2. The summed E-state index contributed by atoms with van der Waals surface area (Å²) in [5.41, 5.74) is 2.57. The summed E-state index contributed by atoms with van der Waals surface area (Å²) >= 11 is 6.47. The van der Waals surface area contributed by atoms with Gasteiger partial charge in [-0.2, -0.15) is 0 Å². The van der Waals surface area contributed by atoms with Crippen molar-refractivity contribution in [2.24, 2.45) is 5.92 Å². The second kappa shape index (κ2) is 8.05. The third kappa shape index (κ3) is 4.62. The van der Waals surface area contributed by atoms with Gasteiger partial charge >= 0.3 is 0 Å². The van der Waals surface area contributed by atoms with Crippen LogP contribution in [0, 0.1) is 5.92 Å². The maximum absolute atomic E-state index is 6.47. The fourth-order valence-corrected chi connectivity index (χ4v) is 3.05. The summed E-state index contributed by atoms with van der Waals surface area (Å²) in [6, 6.07) is 7.03. The van der Waals surface area contributed by atoms with Crippen molar-refractivity contribution in [3.05, 3.63) is 28.8 Å². The van der Waals surface area contributed by atoms with Crippen LogP contribution in [0.4, 0.5) is 5.69 Å². The van der Waals surface area contributed by atoms with Crippen LogP contribution in [-0.4, -0.2) is 19.1 Å². The van der Waals surface area contributed by atoms with Crippen LogP contribution < -0.4 is 10.2 Å². The molecule has 0 aromatic heterocycles. The molecule has 0 saturated heterocycles. The smallest absolute Gasteiger partial charge is 0.0471 e. The molecule has 1 N–H and O–H groups in total. The fourth-order valence-electron chi connectivity index (χ4n) is 2.81. The van der Waals surface area contributed by atoms with Crippen LogP contribution in [0.1, 0.15) is 52.0 Å². The monoisotopic (exact) mass is 308 g/mol. The molecule has 0 aliphatic heterocycles. The van der Waals surface area contributed by atoms with Crippen LogP contribution in [0.2, 0.25) is 5.02 Å². The summed E-state index contributed by atoms with van der Waals surface area (Å²) < 4.78 is 0. The lowest BCUT2D eigenvalue weighted by molar-refractivity contribution is 0.485. The zero-order valence-electron chi connectivity index (χ0n) is 13.7. The summed E-state index contributed by atoms with van der Waals surface area (Å²) in [6.07, 6.45) is 5.10. The highest BCUT2D eigenvalue weighted by Crippen LogP contribution is 2.30. The van der Waals surface area contributed by atoms with Crippen molar-refractivity contribution in [3.63, 3.8) is 0 Å². The second-order valence-corrected chi connectivity index (χ2v) is 6.52. The summed E-state index contributed by atoms with van der Waals surface area (Å²) in [5.74, 6) is 0.758. The predicted molar refractivity (Wildman–Crippen MR) is 93.3 cm³/mol. The molecule has 1 aliphatic rings. The Morgan fingerprint density at radius 3 is 2.52 bits per heavy atom. The Hall–Kier alpha value is -0.730. The number of hydrogen-bond donors (Lipinski definition) is 1. The molecular formula is C18H29ClN2. The van der Waals surface area contributed by atoms with Crippen molar-refractivity contribution in [2.45, 2.75) is 59.0 Å². The van der Waals surface area contributed by atoms with E-state index in [2.05, 4.69) is 43.1 Å². The maximum atomic E-state index is 6.47. The third-order valence-corrected chi connectivity index (χ3v) is 4.95. The predicted octanol–water partition coefficient (Wildman–Crippen LogP) is 4.85. The van der Waals surface area contributed by atoms with Crippen molar-refractivity contribution in [2.75, 3.05) is 18.0 Å². The highest BCUT2D eigenvalue weighted by Gasteiger charge is 2.22. The summed E-state index contributed by atoms with van der Waals surface area (Å²) in [7, 11) is 0. The molecule has 118 valence electrons. The number of nitrogens with one attached hydrogen (secondary N) is 1. The van der Waals surface area contributed by atoms with E-state index in [1.165, 1.54) is 36.9 Å². The van der Waals surface area contributed by atoms with E-state index in [4.69, 9.17) is 11.6 Å². The van der Waals surface area contributed by atoms with Crippen LogP contribution in [0.15, 0.2) is 18.2 Å². The van der Waals surface area contributed by atoms with Crippen LogP contribution in [0.5, 0.6) is 0 Å². The Morgan fingerprint density at radius 1 is 1.24 bits per heavy atom. The van der Waals surface area contributed by atoms with Gasteiger partial charge in [-0.1, -0.05) is 44.4 Å². The maximum Gasteiger partial charge on any atom is 0.0471 e. The fraction of sp³-hybridized carbons (Fsp3) is 0.667. The molecular weight excluding hydrogens is 280 g/mol. The van der Waals surface area contributed by atoms with Crippen LogP contribution >= 0.6 is 11.6 Å². The van der Waals surface area contributed by atoms with Crippen molar-refractivity contribution >= 4 is 17.3 Å². The minimum absolute atomic E-state index is 0.711. The van der Waals surface area contributed by atoms with Gasteiger partial charge < -0.3 is 10.2 Å². The molecule has 1 saturated carbocycles. The molecule has 21 heavy (non-hydrogen) atoms. The number of nitrogens with zero attached hydrogens (tertiary/aromatic N) is 1. The van der Waals surface area contributed by atoms with Crippen LogP contribution in [-0.2, 0) is 6.54 Å². The van der Waals surface area contributed by atoms with Gasteiger partial charge in [0, 0.05) is 41.9 Å². The van der Waals surface area contributed by atoms with E-state index in [-0.39, 0.29) is 0 Å². The molecule has 1 aromatic rings. The molecule has 2 rings (SSSR count). The van der Waals surface area contributed by atoms with Crippen molar-refractivity contribution in [1.82, 2.24) is 5.32 Å². The molecule has 0 bridgehead atoms. The quantitative estimate of drug-likeness (QED) is 0.701. The lowest BCUT2D eigenvalue weighted by atomic mass is 10.0. The Labute approximate surface area is 134 Å². The van der Waals surface area contributed by atoms with Crippen molar-refractivity contribution in [1.29, 1.82) is 0 Å². The minimum Gasteiger partial charge on any atom is -0.371 e. The molecule has 1 aliphatic carbocycles. The van der Waals surface area contributed by atoms with E-state index < -0.39 is 0 Å². The van der Waals surface area contributed by atoms with Crippen molar-refractivity contribution < 1.29 is 0 Å². The van der Waals surface area contributed by atoms with Gasteiger partial charge in [-0.3, -0.25) is 0 Å². The summed E-state index contributed by atoms with van der Waals surface area (Å²) in [4.78, 5) is 2.49. The number of rotatable bonds is 9. The van der Waals surface area contributed by atoms with E-state index >= 15 is 0 Å². The second-order valence-electron chi connectivity index (χ2n) is 6.11. The molecule has 2 nitrogen and oxygen atoms in total. The first-order valence-electron chi connectivity index (χ1n) is 8.45. The van der Waals surface area contributed by atoms with Gasteiger partial charge in [0.05, 0.1) is 0 Å². The number of benzene rings is 1. The van der Waals surface area contributed by atoms with Gasteiger partial charge in [0.1, 0.15) is 0 Å². The normalized spacial score (nSPS) is 14.7. The molecule has 0 heterocycles. The molecule has 0 radical (unpaired) electrons.